The molecule has 1 unspecified atom stereocenters. The molecule has 1 atom stereocenters. The number of nitrogens with one attached hydrogen (secondary N) is 2. The number of allylic oxidation sites excluding steroid dienone is 1. The smallest absolute Gasteiger partial charge is 0.338 e. The van der Waals surface area contributed by atoms with Gasteiger partial charge in [-0.05, 0) is 44.2 Å². The maximum atomic E-state index is 12.3. The number of hydrogen-bond acceptors (Lipinski definition) is 4. The third-order valence-corrected chi connectivity index (χ3v) is 4.62. The van der Waals surface area contributed by atoms with Gasteiger partial charge in [-0.15, -0.1) is 0 Å². The number of carbonyl (C=O) groups excluding carboxylic acids is 2. The second-order valence-corrected chi connectivity index (χ2v) is 6.44. The van der Waals surface area contributed by atoms with Crippen LogP contribution in [-0.4, -0.2) is 18.6 Å². The molecule has 1 aliphatic heterocycles. The summed E-state index contributed by atoms with van der Waals surface area (Å²) in [5.41, 5.74) is 1.44. The molecule has 136 valence electrons. The van der Waals surface area contributed by atoms with Gasteiger partial charge in [0.05, 0.1) is 22.2 Å². The minimum atomic E-state index is -0.751. The number of halogens is 2. The van der Waals surface area contributed by atoms with E-state index >= 15 is 0 Å². The zero-order valence-electron chi connectivity index (χ0n) is 14.1. The largest absolute Gasteiger partial charge is 0.463 e. The fourth-order valence-corrected chi connectivity index (χ4v) is 3.00. The van der Waals surface area contributed by atoms with Gasteiger partial charge in [0.25, 0.3) is 0 Å². The number of carbonyl (C=O) groups is 2. The Hall–Kier alpha value is -2.44. The van der Waals surface area contributed by atoms with Crippen molar-refractivity contribution in [2.75, 3.05) is 6.61 Å². The van der Waals surface area contributed by atoms with E-state index in [0.29, 0.717) is 32.8 Å². The molecule has 0 saturated heterocycles. The van der Waals surface area contributed by atoms with E-state index in [1.165, 1.54) is 0 Å². The Morgan fingerprint density at radius 2 is 2.00 bits per heavy atom. The average Bonchev–Trinajstić information content (AvgIpc) is 3.06. The van der Waals surface area contributed by atoms with Crippen LogP contribution in [0.1, 0.15) is 25.6 Å². The number of furan rings is 1. The van der Waals surface area contributed by atoms with Gasteiger partial charge in [0.15, 0.2) is 0 Å². The van der Waals surface area contributed by atoms with Crippen molar-refractivity contribution in [2.24, 2.45) is 0 Å². The monoisotopic (exact) mass is 394 g/mol. The van der Waals surface area contributed by atoms with E-state index in [0.717, 1.165) is 5.56 Å². The predicted octanol–water partition coefficient (Wildman–Crippen LogP) is 4.44. The average molecular weight is 395 g/mol. The Balaban J connectivity index is 1.98. The Kier molecular flexibility index (Phi) is 5.25. The van der Waals surface area contributed by atoms with Crippen LogP contribution < -0.4 is 10.6 Å². The van der Waals surface area contributed by atoms with E-state index in [1.54, 1.807) is 44.2 Å². The molecule has 26 heavy (non-hydrogen) atoms. The molecule has 0 bridgehead atoms. The second kappa shape index (κ2) is 7.43. The predicted molar refractivity (Wildman–Crippen MR) is 97.9 cm³/mol. The lowest BCUT2D eigenvalue weighted by Crippen LogP contribution is -2.45. The summed E-state index contributed by atoms with van der Waals surface area (Å²) in [4.78, 5) is 24.2. The highest BCUT2D eigenvalue weighted by atomic mass is 35.5. The highest BCUT2D eigenvalue weighted by Gasteiger charge is 2.34. The number of amides is 2. The first-order valence-corrected chi connectivity index (χ1v) is 8.67. The maximum absolute atomic E-state index is 12.3. The standard InChI is InChI=1S/C18H16Cl2N2O4/c1-3-25-17(23)15-9(2)21-18(24)22-16(15)14-7-6-13(26-14)10-4-5-11(19)12(20)8-10/h4-8,16H,3H2,1-2H3,(H2,21,22,24). The third kappa shape index (κ3) is 3.57. The van der Waals surface area contributed by atoms with Crippen LogP contribution in [0.5, 0.6) is 0 Å². The molecule has 1 aliphatic rings. The van der Waals surface area contributed by atoms with Gasteiger partial charge < -0.3 is 19.8 Å². The van der Waals surface area contributed by atoms with Crippen LogP contribution in [-0.2, 0) is 9.53 Å². The number of rotatable bonds is 4. The summed E-state index contributed by atoms with van der Waals surface area (Å²) < 4.78 is 11.0. The van der Waals surface area contributed by atoms with Crippen molar-refractivity contribution in [1.82, 2.24) is 10.6 Å². The summed E-state index contributed by atoms with van der Waals surface area (Å²) in [5, 5.41) is 6.11. The second-order valence-electron chi connectivity index (χ2n) is 5.62. The zero-order valence-corrected chi connectivity index (χ0v) is 15.6. The van der Waals surface area contributed by atoms with Gasteiger partial charge in [-0.3, -0.25) is 0 Å². The summed E-state index contributed by atoms with van der Waals surface area (Å²) in [6, 6.07) is 7.38. The Morgan fingerprint density at radius 1 is 1.23 bits per heavy atom. The Bertz CT molecular complexity index is 904. The molecule has 3 rings (SSSR count). The number of hydrogen-bond donors (Lipinski definition) is 2. The van der Waals surface area contributed by atoms with Crippen molar-refractivity contribution < 1.29 is 18.7 Å². The molecule has 0 fully saturated rings. The van der Waals surface area contributed by atoms with Crippen molar-refractivity contribution in [3.8, 4) is 11.3 Å². The number of esters is 1. The van der Waals surface area contributed by atoms with Gasteiger partial charge in [-0.25, -0.2) is 9.59 Å². The third-order valence-electron chi connectivity index (χ3n) is 3.88. The van der Waals surface area contributed by atoms with Gasteiger partial charge in [-0.2, -0.15) is 0 Å². The van der Waals surface area contributed by atoms with Crippen LogP contribution in [0.15, 0.2) is 46.0 Å². The van der Waals surface area contributed by atoms with Crippen molar-refractivity contribution in [1.29, 1.82) is 0 Å². The SMILES string of the molecule is CCOC(=O)C1=C(C)NC(=O)NC1c1ccc(-c2ccc(Cl)c(Cl)c2)o1. The molecule has 6 nitrogen and oxygen atoms in total. The molecule has 2 amide bonds. The van der Waals surface area contributed by atoms with Crippen LogP contribution in [0.3, 0.4) is 0 Å². The zero-order chi connectivity index (χ0) is 18.8. The molecular formula is C18H16Cl2N2O4. The van der Waals surface area contributed by atoms with Crippen LogP contribution in [0, 0.1) is 0 Å². The summed E-state index contributed by atoms with van der Waals surface area (Å²) in [6.45, 7) is 3.58. The lowest BCUT2D eigenvalue weighted by atomic mass is 10.0. The molecule has 0 radical (unpaired) electrons. The molecule has 2 heterocycles. The molecule has 0 spiro atoms. The fourth-order valence-electron chi connectivity index (χ4n) is 2.70. The Morgan fingerprint density at radius 3 is 2.69 bits per heavy atom. The van der Waals surface area contributed by atoms with Crippen LogP contribution in [0.2, 0.25) is 10.0 Å². The quantitative estimate of drug-likeness (QED) is 0.750. The van der Waals surface area contributed by atoms with Crippen molar-refractivity contribution in [3.63, 3.8) is 0 Å². The highest BCUT2D eigenvalue weighted by molar-refractivity contribution is 6.42. The van der Waals surface area contributed by atoms with E-state index in [9.17, 15) is 9.59 Å². The van der Waals surface area contributed by atoms with Gasteiger partial charge in [0, 0.05) is 11.3 Å². The van der Waals surface area contributed by atoms with Gasteiger partial charge >= 0.3 is 12.0 Å². The fraction of sp³-hybridized carbons (Fsp3) is 0.222. The molecule has 1 aromatic heterocycles. The van der Waals surface area contributed by atoms with Crippen LogP contribution >= 0.6 is 23.2 Å². The van der Waals surface area contributed by atoms with E-state index in [2.05, 4.69) is 10.6 Å². The first-order chi connectivity index (χ1) is 12.4. The normalized spacial score (nSPS) is 16.9. The van der Waals surface area contributed by atoms with Gasteiger partial charge in [-0.1, -0.05) is 23.2 Å². The molecule has 2 aromatic rings. The number of urea groups is 1. The van der Waals surface area contributed by atoms with Gasteiger partial charge in [0.2, 0.25) is 0 Å². The summed E-state index contributed by atoms with van der Waals surface area (Å²) in [6.07, 6.45) is 0. The first kappa shape index (κ1) is 18.4. The van der Waals surface area contributed by atoms with E-state index < -0.39 is 18.0 Å². The highest BCUT2D eigenvalue weighted by Crippen LogP contribution is 2.34. The van der Waals surface area contributed by atoms with Crippen molar-refractivity contribution >= 4 is 35.2 Å². The van der Waals surface area contributed by atoms with E-state index in [4.69, 9.17) is 32.4 Å². The van der Waals surface area contributed by atoms with Crippen LogP contribution in [0.25, 0.3) is 11.3 Å². The molecule has 2 N–H and O–H groups in total. The first-order valence-electron chi connectivity index (χ1n) is 7.91. The summed E-state index contributed by atoms with van der Waals surface area (Å²) >= 11 is 12.0. The molecule has 8 heteroatoms. The van der Waals surface area contributed by atoms with Crippen molar-refractivity contribution in [2.45, 2.75) is 19.9 Å². The lowest BCUT2D eigenvalue weighted by Gasteiger charge is -2.26. The van der Waals surface area contributed by atoms with Crippen molar-refractivity contribution in [3.05, 3.63) is 57.4 Å². The molecule has 1 aromatic carbocycles. The summed E-state index contributed by atoms with van der Waals surface area (Å²) in [7, 11) is 0. The number of benzene rings is 1. The topological polar surface area (TPSA) is 80.6 Å². The number of ether oxygens (including phenoxy) is 1. The molecule has 0 aliphatic carbocycles. The minimum Gasteiger partial charge on any atom is -0.463 e. The summed E-state index contributed by atoms with van der Waals surface area (Å²) in [5.74, 6) is 0.422. The van der Waals surface area contributed by atoms with Crippen LogP contribution in [0.4, 0.5) is 4.79 Å². The van der Waals surface area contributed by atoms with E-state index in [-0.39, 0.29) is 6.61 Å². The Labute approximate surface area is 160 Å². The van der Waals surface area contributed by atoms with Gasteiger partial charge in [0.1, 0.15) is 17.6 Å². The maximum Gasteiger partial charge on any atom is 0.338 e. The minimum absolute atomic E-state index is 0.225. The molecule has 0 saturated carbocycles. The lowest BCUT2D eigenvalue weighted by molar-refractivity contribution is -0.139. The van der Waals surface area contributed by atoms with E-state index in [1.807, 2.05) is 0 Å². The molecular weight excluding hydrogens is 379 g/mol.